The van der Waals surface area contributed by atoms with E-state index in [0.29, 0.717) is 11.6 Å². The molecule has 1 heterocycles. The van der Waals surface area contributed by atoms with Crippen molar-refractivity contribution >= 4 is 16.9 Å². The Kier molecular flexibility index (Phi) is 3.47. The van der Waals surface area contributed by atoms with Gasteiger partial charge in [-0.3, -0.25) is 4.79 Å². The third kappa shape index (κ3) is 2.97. The molecule has 0 fully saturated rings. The van der Waals surface area contributed by atoms with Gasteiger partial charge in [-0.2, -0.15) is 0 Å². The van der Waals surface area contributed by atoms with Gasteiger partial charge in [-0.05, 0) is 29.8 Å². The van der Waals surface area contributed by atoms with Crippen LogP contribution in [-0.2, 0) is 11.2 Å². The lowest BCUT2D eigenvalue weighted by molar-refractivity contribution is -0.136. The van der Waals surface area contributed by atoms with Gasteiger partial charge in [-0.25, -0.2) is 9.97 Å². The second-order valence-electron chi connectivity index (χ2n) is 4.51. The van der Waals surface area contributed by atoms with Crippen molar-refractivity contribution in [2.24, 2.45) is 0 Å². The summed E-state index contributed by atoms with van der Waals surface area (Å²) in [5.74, 6) is 0.227. The first kappa shape index (κ1) is 13.1. The number of benzene rings is 2. The standard InChI is InChI=1S/C16H12N2O3/c19-15(20)9-11-5-7-12(8-6-11)21-16-13-3-1-2-4-14(13)17-10-18-16/h1-8,10H,9H2,(H,19,20). The van der Waals surface area contributed by atoms with Crippen LogP contribution in [0, 0.1) is 0 Å². The van der Waals surface area contributed by atoms with E-state index < -0.39 is 5.97 Å². The van der Waals surface area contributed by atoms with Crippen LogP contribution in [0.5, 0.6) is 11.6 Å². The minimum Gasteiger partial charge on any atom is -0.481 e. The Labute approximate surface area is 120 Å². The zero-order valence-corrected chi connectivity index (χ0v) is 11.1. The number of aliphatic carboxylic acids is 1. The van der Waals surface area contributed by atoms with Gasteiger partial charge < -0.3 is 9.84 Å². The molecule has 0 bridgehead atoms. The molecule has 0 aliphatic heterocycles. The zero-order chi connectivity index (χ0) is 14.7. The van der Waals surface area contributed by atoms with Gasteiger partial charge in [0.15, 0.2) is 0 Å². The van der Waals surface area contributed by atoms with Crippen LogP contribution in [0.4, 0.5) is 0 Å². The molecule has 0 saturated carbocycles. The van der Waals surface area contributed by atoms with Gasteiger partial charge in [0.25, 0.3) is 0 Å². The van der Waals surface area contributed by atoms with Gasteiger partial charge in [0, 0.05) is 0 Å². The summed E-state index contributed by atoms with van der Waals surface area (Å²) in [6.07, 6.45) is 1.45. The van der Waals surface area contributed by atoms with Crippen molar-refractivity contribution in [3.05, 3.63) is 60.4 Å². The Bertz CT molecular complexity index is 780. The summed E-state index contributed by atoms with van der Waals surface area (Å²) in [5.41, 5.74) is 1.53. The van der Waals surface area contributed by atoms with Gasteiger partial charge in [0.1, 0.15) is 12.1 Å². The molecule has 3 rings (SSSR count). The number of hydrogen-bond acceptors (Lipinski definition) is 4. The molecule has 1 N–H and O–H groups in total. The number of carboxylic acid groups (broad SMARTS) is 1. The Balaban J connectivity index is 1.87. The third-order valence-corrected chi connectivity index (χ3v) is 3.00. The molecule has 3 aromatic rings. The quantitative estimate of drug-likeness (QED) is 0.795. The smallest absolute Gasteiger partial charge is 0.307 e. The highest BCUT2D eigenvalue weighted by molar-refractivity contribution is 5.83. The summed E-state index contributed by atoms with van der Waals surface area (Å²) in [7, 11) is 0. The van der Waals surface area contributed by atoms with Crippen molar-refractivity contribution in [3.63, 3.8) is 0 Å². The summed E-state index contributed by atoms with van der Waals surface area (Å²) >= 11 is 0. The first-order chi connectivity index (χ1) is 10.2. The van der Waals surface area contributed by atoms with Crippen molar-refractivity contribution in [3.8, 4) is 11.6 Å². The number of para-hydroxylation sites is 1. The van der Waals surface area contributed by atoms with Crippen LogP contribution in [0.25, 0.3) is 10.9 Å². The monoisotopic (exact) mass is 280 g/mol. The van der Waals surface area contributed by atoms with Crippen LogP contribution in [-0.4, -0.2) is 21.0 Å². The van der Waals surface area contributed by atoms with Crippen molar-refractivity contribution in [1.29, 1.82) is 0 Å². The van der Waals surface area contributed by atoms with E-state index in [0.717, 1.165) is 16.5 Å². The Hall–Kier alpha value is -2.95. The molecular formula is C16H12N2O3. The second-order valence-corrected chi connectivity index (χ2v) is 4.51. The lowest BCUT2D eigenvalue weighted by Crippen LogP contribution is -1.99. The molecule has 5 heteroatoms. The minimum atomic E-state index is -0.856. The third-order valence-electron chi connectivity index (χ3n) is 3.00. The minimum absolute atomic E-state index is 0.00326. The Morgan fingerprint density at radius 3 is 2.57 bits per heavy atom. The molecular weight excluding hydrogens is 268 g/mol. The molecule has 1 aromatic heterocycles. The van der Waals surface area contributed by atoms with Gasteiger partial charge in [0.2, 0.25) is 5.88 Å². The van der Waals surface area contributed by atoms with E-state index in [1.54, 1.807) is 24.3 Å². The van der Waals surface area contributed by atoms with Crippen molar-refractivity contribution in [2.45, 2.75) is 6.42 Å². The SMILES string of the molecule is O=C(O)Cc1ccc(Oc2ncnc3ccccc23)cc1. The topological polar surface area (TPSA) is 72.3 Å². The summed E-state index contributed by atoms with van der Waals surface area (Å²) in [6.45, 7) is 0. The fourth-order valence-corrected chi connectivity index (χ4v) is 2.02. The molecule has 0 saturated heterocycles. The normalized spacial score (nSPS) is 10.5. The number of aromatic nitrogens is 2. The van der Waals surface area contributed by atoms with E-state index in [4.69, 9.17) is 9.84 Å². The lowest BCUT2D eigenvalue weighted by atomic mass is 10.1. The maximum absolute atomic E-state index is 10.6. The molecule has 0 aliphatic carbocycles. The molecule has 0 radical (unpaired) electrons. The van der Waals surface area contributed by atoms with Gasteiger partial charge in [-0.1, -0.05) is 24.3 Å². The fourth-order valence-electron chi connectivity index (χ4n) is 2.02. The molecule has 21 heavy (non-hydrogen) atoms. The average Bonchev–Trinajstić information content (AvgIpc) is 2.49. The molecule has 0 spiro atoms. The second kappa shape index (κ2) is 5.58. The molecule has 5 nitrogen and oxygen atoms in total. The Morgan fingerprint density at radius 1 is 1.05 bits per heavy atom. The first-order valence-electron chi connectivity index (χ1n) is 6.41. The summed E-state index contributed by atoms with van der Waals surface area (Å²) in [4.78, 5) is 19.0. The number of rotatable bonds is 4. The van der Waals surface area contributed by atoms with E-state index in [2.05, 4.69) is 9.97 Å². The van der Waals surface area contributed by atoms with Crippen molar-refractivity contribution in [2.75, 3.05) is 0 Å². The average molecular weight is 280 g/mol. The number of carbonyl (C=O) groups is 1. The van der Waals surface area contributed by atoms with E-state index in [1.165, 1.54) is 6.33 Å². The van der Waals surface area contributed by atoms with Gasteiger partial charge in [0.05, 0.1) is 17.3 Å². The van der Waals surface area contributed by atoms with Crippen LogP contribution >= 0.6 is 0 Å². The number of fused-ring (bicyclic) bond motifs is 1. The van der Waals surface area contributed by atoms with Crippen LogP contribution in [0.3, 0.4) is 0 Å². The van der Waals surface area contributed by atoms with Crippen LogP contribution < -0.4 is 4.74 Å². The molecule has 2 aromatic carbocycles. The highest BCUT2D eigenvalue weighted by Crippen LogP contribution is 2.26. The van der Waals surface area contributed by atoms with Crippen LogP contribution in [0.15, 0.2) is 54.9 Å². The number of ether oxygens (including phenoxy) is 1. The maximum atomic E-state index is 10.6. The van der Waals surface area contributed by atoms with E-state index in [9.17, 15) is 4.79 Å². The molecule has 104 valence electrons. The summed E-state index contributed by atoms with van der Waals surface area (Å²) in [6, 6.07) is 14.5. The summed E-state index contributed by atoms with van der Waals surface area (Å²) < 4.78 is 5.75. The lowest BCUT2D eigenvalue weighted by Gasteiger charge is -2.07. The predicted molar refractivity (Wildman–Crippen MR) is 77.4 cm³/mol. The maximum Gasteiger partial charge on any atom is 0.307 e. The van der Waals surface area contributed by atoms with E-state index >= 15 is 0 Å². The molecule has 0 unspecified atom stereocenters. The first-order valence-corrected chi connectivity index (χ1v) is 6.41. The molecule has 0 atom stereocenters. The highest BCUT2D eigenvalue weighted by atomic mass is 16.5. The van der Waals surface area contributed by atoms with E-state index in [1.807, 2.05) is 24.3 Å². The number of nitrogens with zero attached hydrogens (tertiary/aromatic N) is 2. The number of hydrogen-bond donors (Lipinski definition) is 1. The van der Waals surface area contributed by atoms with Gasteiger partial charge in [-0.15, -0.1) is 0 Å². The van der Waals surface area contributed by atoms with E-state index in [-0.39, 0.29) is 6.42 Å². The van der Waals surface area contributed by atoms with Crippen molar-refractivity contribution in [1.82, 2.24) is 9.97 Å². The predicted octanol–water partition coefficient (Wildman–Crippen LogP) is 3.05. The van der Waals surface area contributed by atoms with Crippen molar-refractivity contribution < 1.29 is 14.6 Å². The molecule has 0 amide bonds. The molecule has 0 aliphatic rings. The fraction of sp³-hybridized carbons (Fsp3) is 0.0625. The summed E-state index contributed by atoms with van der Waals surface area (Å²) in [5, 5.41) is 9.57. The van der Waals surface area contributed by atoms with Gasteiger partial charge >= 0.3 is 5.97 Å². The van der Waals surface area contributed by atoms with Crippen LogP contribution in [0.1, 0.15) is 5.56 Å². The van der Waals surface area contributed by atoms with Crippen LogP contribution in [0.2, 0.25) is 0 Å². The Morgan fingerprint density at radius 2 is 1.81 bits per heavy atom. The highest BCUT2D eigenvalue weighted by Gasteiger charge is 2.06. The zero-order valence-electron chi connectivity index (χ0n) is 11.1. The largest absolute Gasteiger partial charge is 0.481 e. The number of carboxylic acids is 1.